The van der Waals surface area contributed by atoms with Crippen molar-refractivity contribution in [1.82, 2.24) is 20.0 Å². The van der Waals surface area contributed by atoms with Crippen LogP contribution in [0.25, 0.3) is 0 Å². The smallest absolute Gasteiger partial charge is 0.239 e. The van der Waals surface area contributed by atoms with Gasteiger partial charge in [-0.05, 0) is 19.3 Å². The van der Waals surface area contributed by atoms with Gasteiger partial charge in [-0.2, -0.15) is 0 Å². The van der Waals surface area contributed by atoms with Gasteiger partial charge in [0.15, 0.2) is 0 Å². The first-order valence-electron chi connectivity index (χ1n) is 8.62. The summed E-state index contributed by atoms with van der Waals surface area (Å²) in [6, 6.07) is -0.208. The molecule has 0 spiro atoms. The van der Waals surface area contributed by atoms with Crippen LogP contribution in [0.15, 0.2) is 0 Å². The number of amides is 3. The Hall–Kier alpha value is -1.63. The van der Waals surface area contributed by atoms with Crippen molar-refractivity contribution >= 4 is 17.7 Å². The average molecular weight is 322 g/mol. The first-order valence-corrected chi connectivity index (χ1v) is 8.62. The predicted molar refractivity (Wildman–Crippen MR) is 84.5 cm³/mol. The molecule has 7 heteroatoms. The topological polar surface area (TPSA) is 73.0 Å². The van der Waals surface area contributed by atoms with Gasteiger partial charge in [0.05, 0.1) is 12.0 Å². The Balaban J connectivity index is 1.49. The highest BCUT2D eigenvalue weighted by Crippen LogP contribution is 2.21. The molecule has 3 aliphatic rings. The lowest BCUT2D eigenvalue weighted by Crippen LogP contribution is -2.51. The van der Waals surface area contributed by atoms with E-state index in [4.69, 9.17) is 0 Å². The van der Waals surface area contributed by atoms with E-state index >= 15 is 0 Å². The van der Waals surface area contributed by atoms with Gasteiger partial charge in [-0.3, -0.25) is 14.4 Å². The number of carbonyl (C=O) groups is 3. The third kappa shape index (κ3) is 3.49. The Kier molecular flexibility index (Phi) is 4.84. The fourth-order valence-electron chi connectivity index (χ4n) is 3.77. The lowest BCUT2D eigenvalue weighted by Gasteiger charge is -2.35. The van der Waals surface area contributed by atoms with Crippen molar-refractivity contribution in [3.05, 3.63) is 0 Å². The van der Waals surface area contributed by atoms with Gasteiger partial charge in [0, 0.05) is 52.7 Å². The van der Waals surface area contributed by atoms with E-state index in [0.29, 0.717) is 39.1 Å². The average Bonchev–Trinajstić information content (AvgIpc) is 3.25. The van der Waals surface area contributed by atoms with Gasteiger partial charge >= 0.3 is 0 Å². The second-order valence-corrected chi connectivity index (χ2v) is 6.76. The van der Waals surface area contributed by atoms with E-state index in [1.807, 2.05) is 9.80 Å². The van der Waals surface area contributed by atoms with Crippen LogP contribution in [0.1, 0.15) is 26.2 Å². The van der Waals surface area contributed by atoms with Gasteiger partial charge in [-0.1, -0.05) is 0 Å². The van der Waals surface area contributed by atoms with Crippen molar-refractivity contribution in [2.45, 2.75) is 32.2 Å². The molecule has 0 radical (unpaired) electrons. The molecule has 3 fully saturated rings. The molecule has 0 unspecified atom stereocenters. The zero-order valence-corrected chi connectivity index (χ0v) is 13.8. The first kappa shape index (κ1) is 16.2. The zero-order valence-electron chi connectivity index (χ0n) is 13.8. The number of nitrogens with one attached hydrogen (secondary N) is 1. The van der Waals surface area contributed by atoms with Gasteiger partial charge in [0.1, 0.15) is 0 Å². The SMILES string of the molecule is CC(=O)N1CCN(C(=O)[C@@H]2CN[C@H](C(=O)N3CCCC3)C2)CC1. The third-order valence-corrected chi connectivity index (χ3v) is 5.23. The Morgan fingerprint density at radius 1 is 0.826 bits per heavy atom. The minimum Gasteiger partial charge on any atom is -0.341 e. The summed E-state index contributed by atoms with van der Waals surface area (Å²) >= 11 is 0. The number of hydrogen-bond acceptors (Lipinski definition) is 4. The quantitative estimate of drug-likeness (QED) is 0.728. The standard InChI is InChI=1S/C16H26N4O3/c1-12(21)18-6-8-20(9-7-18)15(22)13-10-14(17-11-13)16(23)19-4-2-3-5-19/h13-14,17H,2-11H2,1H3/t13-,14-/m0/s1. The van der Waals surface area contributed by atoms with E-state index in [9.17, 15) is 14.4 Å². The summed E-state index contributed by atoms with van der Waals surface area (Å²) in [5, 5.41) is 3.23. The summed E-state index contributed by atoms with van der Waals surface area (Å²) in [4.78, 5) is 41.9. The number of nitrogens with zero attached hydrogens (tertiary/aromatic N) is 3. The van der Waals surface area contributed by atoms with Crippen LogP contribution in [0.3, 0.4) is 0 Å². The van der Waals surface area contributed by atoms with Crippen molar-refractivity contribution < 1.29 is 14.4 Å². The number of carbonyl (C=O) groups excluding carboxylic acids is 3. The summed E-state index contributed by atoms with van der Waals surface area (Å²) in [5.41, 5.74) is 0. The van der Waals surface area contributed by atoms with E-state index in [2.05, 4.69) is 5.32 Å². The summed E-state index contributed by atoms with van der Waals surface area (Å²) < 4.78 is 0. The molecule has 3 heterocycles. The largest absolute Gasteiger partial charge is 0.341 e. The van der Waals surface area contributed by atoms with E-state index in [1.165, 1.54) is 0 Å². The molecule has 128 valence electrons. The van der Waals surface area contributed by atoms with Crippen molar-refractivity contribution in [1.29, 1.82) is 0 Å². The Morgan fingerprint density at radius 2 is 1.39 bits per heavy atom. The molecule has 0 bridgehead atoms. The second-order valence-electron chi connectivity index (χ2n) is 6.76. The van der Waals surface area contributed by atoms with Crippen molar-refractivity contribution in [2.75, 3.05) is 45.8 Å². The molecule has 23 heavy (non-hydrogen) atoms. The van der Waals surface area contributed by atoms with Crippen LogP contribution in [0, 0.1) is 5.92 Å². The van der Waals surface area contributed by atoms with Gasteiger partial charge in [-0.25, -0.2) is 0 Å². The molecule has 3 amide bonds. The number of hydrogen-bond donors (Lipinski definition) is 1. The molecular formula is C16H26N4O3. The fourth-order valence-corrected chi connectivity index (χ4v) is 3.77. The fraction of sp³-hybridized carbons (Fsp3) is 0.812. The summed E-state index contributed by atoms with van der Waals surface area (Å²) in [6.45, 7) is 6.25. The summed E-state index contributed by atoms with van der Waals surface area (Å²) in [5.74, 6) is 0.225. The lowest BCUT2D eigenvalue weighted by atomic mass is 10.0. The van der Waals surface area contributed by atoms with E-state index in [0.717, 1.165) is 25.9 Å². The molecule has 0 aliphatic carbocycles. The number of piperazine rings is 1. The molecule has 0 aromatic heterocycles. The van der Waals surface area contributed by atoms with Gasteiger partial charge in [0.25, 0.3) is 0 Å². The molecule has 0 saturated carbocycles. The minimum absolute atomic E-state index is 0.0657. The number of rotatable bonds is 2. The van der Waals surface area contributed by atoms with Gasteiger partial charge in [-0.15, -0.1) is 0 Å². The molecule has 1 N–H and O–H groups in total. The van der Waals surface area contributed by atoms with Crippen LogP contribution in [-0.2, 0) is 14.4 Å². The zero-order chi connectivity index (χ0) is 16.4. The van der Waals surface area contributed by atoms with Crippen LogP contribution in [-0.4, -0.2) is 84.3 Å². The maximum absolute atomic E-state index is 12.6. The van der Waals surface area contributed by atoms with Crippen molar-refractivity contribution in [3.63, 3.8) is 0 Å². The molecular weight excluding hydrogens is 296 g/mol. The third-order valence-electron chi connectivity index (χ3n) is 5.23. The maximum atomic E-state index is 12.6. The Morgan fingerprint density at radius 3 is 2.00 bits per heavy atom. The first-order chi connectivity index (χ1) is 11.1. The Labute approximate surface area is 137 Å². The number of likely N-dealkylation sites (tertiary alicyclic amines) is 1. The molecule has 3 aliphatic heterocycles. The van der Waals surface area contributed by atoms with Crippen molar-refractivity contribution in [3.8, 4) is 0 Å². The second kappa shape index (κ2) is 6.86. The molecule has 3 rings (SSSR count). The summed E-state index contributed by atoms with van der Waals surface area (Å²) in [6.07, 6.45) is 2.77. The van der Waals surface area contributed by atoms with E-state index in [-0.39, 0.29) is 29.7 Å². The van der Waals surface area contributed by atoms with Crippen molar-refractivity contribution in [2.24, 2.45) is 5.92 Å². The molecule has 0 aromatic carbocycles. The van der Waals surface area contributed by atoms with Gasteiger partial charge in [0.2, 0.25) is 17.7 Å². The normalized spacial score (nSPS) is 28.3. The minimum atomic E-state index is -0.208. The lowest BCUT2D eigenvalue weighted by molar-refractivity contribution is -0.141. The molecule has 0 aromatic rings. The van der Waals surface area contributed by atoms with E-state index < -0.39 is 0 Å². The Bertz CT molecular complexity index is 482. The molecule has 7 nitrogen and oxygen atoms in total. The van der Waals surface area contributed by atoms with Crippen LogP contribution in [0.4, 0.5) is 0 Å². The monoisotopic (exact) mass is 322 g/mol. The predicted octanol–water partition coefficient (Wildman–Crippen LogP) is -0.722. The van der Waals surface area contributed by atoms with Gasteiger partial charge < -0.3 is 20.0 Å². The molecule has 2 atom stereocenters. The van der Waals surface area contributed by atoms with Crippen LogP contribution >= 0.6 is 0 Å². The van der Waals surface area contributed by atoms with Crippen LogP contribution < -0.4 is 5.32 Å². The maximum Gasteiger partial charge on any atom is 0.239 e. The van der Waals surface area contributed by atoms with E-state index in [1.54, 1.807) is 11.8 Å². The highest BCUT2D eigenvalue weighted by Gasteiger charge is 2.38. The highest BCUT2D eigenvalue weighted by atomic mass is 16.2. The molecule has 3 saturated heterocycles. The summed E-state index contributed by atoms with van der Waals surface area (Å²) in [7, 11) is 0. The van der Waals surface area contributed by atoms with Crippen LogP contribution in [0.5, 0.6) is 0 Å². The highest BCUT2D eigenvalue weighted by molar-refractivity contribution is 5.86. The van der Waals surface area contributed by atoms with Crippen LogP contribution in [0.2, 0.25) is 0 Å².